The highest BCUT2D eigenvalue weighted by Crippen LogP contribution is 2.31. The topological polar surface area (TPSA) is 26.3 Å². The summed E-state index contributed by atoms with van der Waals surface area (Å²) in [7, 11) is 0. The van der Waals surface area contributed by atoms with Gasteiger partial charge in [0.2, 0.25) is 0 Å². The first-order chi connectivity index (χ1) is 4.36. The lowest BCUT2D eigenvalue weighted by atomic mass is 10.3. The normalized spacial score (nSPS) is 15.3. The molecule has 0 saturated carbocycles. The average molecular weight is 140 g/mol. The number of esters is 1. The molecule has 2 rings (SSSR count). The van der Waals surface area contributed by atoms with Crippen LogP contribution in [0.2, 0.25) is 0 Å². The van der Waals surface area contributed by atoms with E-state index in [2.05, 4.69) is 0 Å². The summed E-state index contributed by atoms with van der Waals surface area (Å²) in [4.78, 5) is 10.5. The van der Waals surface area contributed by atoms with Gasteiger partial charge in [-0.2, -0.15) is 0 Å². The maximum Gasteiger partial charge on any atom is 0.316 e. The van der Waals surface area contributed by atoms with E-state index in [1.54, 1.807) is 0 Å². The highest BCUT2D eigenvalue weighted by atomic mass is 32.1. The molecule has 0 atom stereocenters. The summed E-state index contributed by atoms with van der Waals surface area (Å²) in [6, 6.07) is 1.92. The van der Waals surface area contributed by atoms with Gasteiger partial charge in [-0.25, -0.2) is 0 Å². The summed E-state index contributed by atoms with van der Waals surface area (Å²) < 4.78 is 4.83. The molecule has 0 saturated heterocycles. The molecule has 1 aliphatic rings. The van der Waals surface area contributed by atoms with Crippen molar-refractivity contribution in [1.29, 1.82) is 0 Å². The molecule has 0 bridgehead atoms. The molecule has 2 heterocycles. The Morgan fingerprint density at radius 3 is 3.33 bits per heavy atom. The molecule has 0 radical (unpaired) electrons. The second-order valence-electron chi connectivity index (χ2n) is 1.88. The Labute approximate surface area is 56.1 Å². The van der Waals surface area contributed by atoms with Crippen molar-refractivity contribution in [1.82, 2.24) is 0 Å². The predicted octanol–water partition coefficient (Wildman–Crippen LogP) is 1.21. The average Bonchev–Trinajstić information content (AvgIpc) is 2.22. The van der Waals surface area contributed by atoms with Crippen molar-refractivity contribution in [3.05, 3.63) is 17.0 Å². The van der Waals surface area contributed by atoms with Crippen molar-refractivity contribution in [3.8, 4) is 5.06 Å². The third-order valence-electron chi connectivity index (χ3n) is 1.25. The summed E-state index contributed by atoms with van der Waals surface area (Å²) in [6.45, 7) is 0. The molecule has 0 fully saturated rings. The molecule has 0 amide bonds. The number of hydrogen-bond acceptors (Lipinski definition) is 3. The van der Waals surface area contributed by atoms with Crippen molar-refractivity contribution < 1.29 is 9.53 Å². The lowest BCUT2D eigenvalue weighted by Gasteiger charge is -1.84. The van der Waals surface area contributed by atoms with E-state index in [4.69, 9.17) is 4.74 Å². The monoisotopic (exact) mass is 140 g/mol. The smallest absolute Gasteiger partial charge is 0.316 e. The first-order valence-electron chi connectivity index (χ1n) is 2.63. The van der Waals surface area contributed by atoms with E-state index in [0.29, 0.717) is 6.42 Å². The van der Waals surface area contributed by atoms with Crippen molar-refractivity contribution >= 4 is 17.3 Å². The maximum atomic E-state index is 10.5. The van der Waals surface area contributed by atoms with Crippen LogP contribution in [0.1, 0.15) is 5.56 Å². The summed E-state index contributed by atoms with van der Waals surface area (Å²) in [5.41, 5.74) is 1.03. The molecule has 2 nitrogen and oxygen atoms in total. The number of carbonyl (C=O) groups excluding carboxylic acids is 1. The number of carbonyl (C=O) groups is 1. The van der Waals surface area contributed by atoms with Crippen LogP contribution in [-0.4, -0.2) is 5.97 Å². The van der Waals surface area contributed by atoms with Crippen LogP contribution in [-0.2, 0) is 11.2 Å². The number of hydrogen-bond donors (Lipinski definition) is 0. The van der Waals surface area contributed by atoms with Gasteiger partial charge in [-0.05, 0) is 11.4 Å². The zero-order valence-electron chi connectivity index (χ0n) is 4.59. The molecule has 46 valence electrons. The number of fused-ring (bicyclic) bond motifs is 1. The Bertz CT molecular complexity index is 229. The Kier molecular flexibility index (Phi) is 0.873. The van der Waals surface area contributed by atoms with Crippen LogP contribution in [0.25, 0.3) is 0 Å². The molecule has 1 aromatic rings. The minimum Gasteiger partial charge on any atom is -0.415 e. The standard InChI is InChI=1S/C6H4O2S/c7-5-3-4-1-2-9-6(4)8-5/h1-2H,3H2. The van der Waals surface area contributed by atoms with Gasteiger partial charge in [0.1, 0.15) is 0 Å². The maximum absolute atomic E-state index is 10.5. The fourth-order valence-corrected chi connectivity index (χ4v) is 1.63. The fourth-order valence-electron chi connectivity index (χ4n) is 0.837. The SMILES string of the molecule is O=C1Cc2ccsc2O1. The van der Waals surface area contributed by atoms with E-state index in [1.807, 2.05) is 11.4 Å². The Morgan fingerprint density at radius 1 is 1.67 bits per heavy atom. The lowest BCUT2D eigenvalue weighted by molar-refractivity contribution is -0.131. The van der Waals surface area contributed by atoms with Crippen LogP contribution in [0.4, 0.5) is 0 Å². The molecule has 0 unspecified atom stereocenters. The van der Waals surface area contributed by atoms with Crippen LogP contribution in [0.3, 0.4) is 0 Å². The third-order valence-corrected chi connectivity index (χ3v) is 2.08. The number of thiophene rings is 1. The van der Waals surface area contributed by atoms with Gasteiger partial charge in [0.25, 0.3) is 0 Å². The quantitative estimate of drug-likeness (QED) is 0.506. The lowest BCUT2D eigenvalue weighted by Crippen LogP contribution is -2.00. The van der Waals surface area contributed by atoms with Gasteiger partial charge in [0, 0.05) is 5.56 Å². The molecule has 9 heavy (non-hydrogen) atoms. The van der Waals surface area contributed by atoms with Gasteiger partial charge in [-0.15, -0.1) is 11.3 Å². The van der Waals surface area contributed by atoms with Crippen LogP contribution >= 0.6 is 11.3 Å². The summed E-state index contributed by atoms with van der Waals surface area (Å²) in [5, 5.41) is 2.71. The molecule has 0 N–H and O–H groups in total. The van der Waals surface area contributed by atoms with Gasteiger partial charge in [0.15, 0.2) is 5.06 Å². The van der Waals surface area contributed by atoms with Crippen molar-refractivity contribution in [2.75, 3.05) is 0 Å². The first kappa shape index (κ1) is 4.99. The van der Waals surface area contributed by atoms with Crippen LogP contribution in [0.15, 0.2) is 11.4 Å². The minimum absolute atomic E-state index is 0.128. The molecular formula is C6H4O2S. The second kappa shape index (κ2) is 1.57. The molecule has 0 spiro atoms. The molecule has 1 aromatic heterocycles. The predicted molar refractivity (Wildman–Crippen MR) is 33.7 cm³/mol. The van der Waals surface area contributed by atoms with E-state index in [-0.39, 0.29) is 5.97 Å². The van der Waals surface area contributed by atoms with Crippen LogP contribution < -0.4 is 4.74 Å². The van der Waals surface area contributed by atoms with E-state index in [1.165, 1.54) is 11.3 Å². The summed E-state index contributed by atoms with van der Waals surface area (Å²) in [5.74, 6) is -0.128. The van der Waals surface area contributed by atoms with Crippen molar-refractivity contribution in [2.45, 2.75) is 6.42 Å². The van der Waals surface area contributed by atoms with Crippen LogP contribution in [0, 0.1) is 0 Å². The summed E-state index contributed by atoms with van der Waals surface area (Å²) >= 11 is 1.47. The van der Waals surface area contributed by atoms with E-state index < -0.39 is 0 Å². The first-order valence-corrected chi connectivity index (χ1v) is 3.51. The zero-order valence-corrected chi connectivity index (χ0v) is 5.40. The number of ether oxygens (including phenoxy) is 1. The van der Waals surface area contributed by atoms with Gasteiger partial charge in [0.05, 0.1) is 6.42 Å². The molecule has 0 aliphatic carbocycles. The number of rotatable bonds is 0. The van der Waals surface area contributed by atoms with E-state index in [0.717, 1.165) is 10.6 Å². The van der Waals surface area contributed by atoms with E-state index in [9.17, 15) is 4.79 Å². The fraction of sp³-hybridized carbons (Fsp3) is 0.167. The highest BCUT2D eigenvalue weighted by Gasteiger charge is 2.20. The Morgan fingerprint density at radius 2 is 2.56 bits per heavy atom. The van der Waals surface area contributed by atoms with E-state index >= 15 is 0 Å². The molecule has 3 heteroatoms. The zero-order chi connectivity index (χ0) is 6.27. The highest BCUT2D eigenvalue weighted by molar-refractivity contribution is 7.12. The van der Waals surface area contributed by atoms with Crippen molar-refractivity contribution in [3.63, 3.8) is 0 Å². The van der Waals surface area contributed by atoms with Gasteiger partial charge in [-0.3, -0.25) is 4.79 Å². The minimum atomic E-state index is -0.128. The van der Waals surface area contributed by atoms with Crippen LogP contribution in [0.5, 0.6) is 5.06 Å². The largest absolute Gasteiger partial charge is 0.415 e. The van der Waals surface area contributed by atoms with Gasteiger partial charge in [-0.1, -0.05) is 0 Å². The third kappa shape index (κ3) is 0.650. The second-order valence-corrected chi connectivity index (χ2v) is 2.76. The molecule has 0 aromatic carbocycles. The Hall–Kier alpha value is -0.830. The molecule has 1 aliphatic heterocycles. The molecular weight excluding hydrogens is 136 g/mol. The van der Waals surface area contributed by atoms with Gasteiger partial charge >= 0.3 is 5.97 Å². The van der Waals surface area contributed by atoms with Crippen molar-refractivity contribution in [2.24, 2.45) is 0 Å². The Balaban J connectivity index is 2.49. The summed E-state index contributed by atoms with van der Waals surface area (Å²) in [6.07, 6.45) is 0.457. The van der Waals surface area contributed by atoms with Gasteiger partial charge < -0.3 is 4.74 Å².